The van der Waals surface area contributed by atoms with Crippen molar-refractivity contribution in [2.24, 2.45) is 0 Å². The number of nitrogens with one attached hydrogen (secondary N) is 2. The lowest BCUT2D eigenvalue weighted by molar-refractivity contribution is 0.701. The highest BCUT2D eigenvalue weighted by Gasteiger charge is 2.20. The van der Waals surface area contributed by atoms with E-state index < -0.39 is 0 Å². The van der Waals surface area contributed by atoms with Crippen LogP contribution in [0.2, 0.25) is 0 Å². The second kappa shape index (κ2) is 7.66. The average molecular weight is 388 g/mol. The van der Waals surface area contributed by atoms with Crippen LogP contribution in [0.4, 0.5) is 5.82 Å². The quantitative estimate of drug-likeness (QED) is 0.454. The van der Waals surface area contributed by atoms with Gasteiger partial charge in [-0.25, -0.2) is 9.97 Å². The molecule has 1 fully saturated rings. The Morgan fingerprint density at radius 3 is 2.61 bits per heavy atom. The lowest BCUT2D eigenvalue weighted by atomic mass is 10.1. The molecular formula is C22H21N5S. The molecule has 0 radical (unpaired) electrons. The van der Waals surface area contributed by atoms with Gasteiger partial charge in [-0.2, -0.15) is 0 Å². The van der Waals surface area contributed by atoms with E-state index in [1.807, 2.05) is 24.3 Å². The largest absolute Gasteiger partial charge is 0.368 e. The summed E-state index contributed by atoms with van der Waals surface area (Å²) in [5.41, 5.74) is 3.14. The molecule has 0 amide bonds. The molecule has 5 nitrogen and oxygen atoms in total. The van der Waals surface area contributed by atoms with Gasteiger partial charge in [0.25, 0.3) is 0 Å². The van der Waals surface area contributed by atoms with Crippen LogP contribution >= 0.6 is 11.3 Å². The average Bonchev–Trinajstić information content (AvgIpc) is 3.48. The Hall–Kier alpha value is -2.83. The van der Waals surface area contributed by atoms with E-state index in [-0.39, 0.29) is 0 Å². The second-order valence-electron chi connectivity index (χ2n) is 6.96. The Bertz CT molecular complexity index is 1070. The summed E-state index contributed by atoms with van der Waals surface area (Å²) < 4.78 is 0. The summed E-state index contributed by atoms with van der Waals surface area (Å²) in [6.45, 7) is 1.76. The van der Waals surface area contributed by atoms with Crippen LogP contribution in [-0.4, -0.2) is 34.1 Å². The van der Waals surface area contributed by atoms with Gasteiger partial charge in [-0.05, 0) is 30.5 Å². The first-order chi connectivity index (χ1) is 13.9. The predicted octanol–water partition coefficient (Wildman–Crippen LogP) is 4.58. The third kappa shape index (κ3) is 3.61. The maximum Gasteiger partial charge on any atom is 0.181 e. The van der Waals surface area contributed by atoms with E-state index in [0.717, 1.165) is 34.8 Å². The van der Waals surface area contributed by atoms with Gasteiger partial charge in [0.2, 0.25) is 0 Å². The Balaban J connectivity index is 1.55. The van der Waals surface area contributed by atoms with E-state index in [1.54, 1.807) is 17.5 Å². The van der Waals surface area contributed by atoms with Crippen molar-refractivity contribution in [2.45, 2.75) is 18.9 Å². The van der Waals surface area contributed by atoms with E-state index in [4.69, 9.17) is 9.97 Å². The summed E-state index contributed by atoms with van der Waals surface area (Å²) in [5.74, 6) is 1.54. The van der Waals surface area contributed by atoms with Crippen LogP contribution in [0.25, 0.3) is 32.9 Å². The number of rotatable bonds is 7. The zero-order valence-electron chi connectivity index (χ0n) is 15.4. The number of thiophene rings is 1. The molecule has 140 valence electrons. The van der Waals surface area contributed by atoms with Crippen molar-refractivity contribution in [1.29, 1.82) is 0 Å². The van der Waals surface area contributed by atoms with Gasteiger partial charge in [-0.15, -0.1) is 11.3 Å². The van der Waals surface area contributed by atoms with Gasteiger partial charge in [0.1, 0.15) is 16.3 Å². The van der Waals surface area contributed by atoms with Gasteiger partial charge in [-0.3, -0.25) is 4.98 Å². The van der Waals surface area contributed by atoms with Crippen molar-refractivity contribution in [1.82, 2.24) is 20.3 Å². The molecule has 1 aliphatic rings. The third-order valence-electron chi connectivity index (χ3n) is 4.84. The van der Waals surface area contributed by atoms with Crippen molar-refractivity contribution in [3.63, 3.8) is 0 Å². The minimum atomic E-state index is 0.659. The number of nitrogens with zero attached hydrogens (tertiary/aromatic N) is 3. The maximum atomic E-state index is 4.86. The fourth-order valence-corrected chi connectivity index (χ4v) is 4.20. The van der Waals surface area contributed by atoms with E-state index >= 15 is 0 Å². The fourth-order valence-electron chi connectivity index (χ4n) is 3.25. The predicted molar refractivity (Wildman–Crippen MR) is 116 cm³/mol. The summed E-state index contributed by atoms with van der Waals surface area (Å²) >= 11 is 1.65. The minimum absolute atomic E-state index is 0.659. The molecule has 4 aromatic rings. The molecule has 6 heteroatoms. The van der Waals surface area contributed by atoms with Crippen molar-refractivity contribution >= 4 is 27.4 Å². The van der Waals surface area contributed by atoms with Crippen molar-refractivity contribution in [3.05, 3.63) is 60.1 Å². The number of fused-ring (bicyclic) bond motifs is 1. The van der Waals surface area contributed by atoms with E-state index in [9.17, 15) is 0 Å². The topological polar surface area (TPSA) is 62.7 Å². The van der Waals surface area contributed by atoms with Gasteiger partial charge >= 0.3 is 0 Å². The number of hydrogen-bond donors (Lipinski definition) is 2. The minimum Gasteiger partial charge on any atom is -0.368 e. The van der Waals surface area contributed by atoms with Gasteiger partial charge in [0.05, 0.1) is 5.39 Å². The summed E-state index contributed by atoms with van der Waals surface area (Å²) in [6, 6.07) is 17.0. The molecule has 0 aliphatic heterocycles. The zero-order valence-corrected chi connectivity index (χ0v) is 16.2. The molecule has 28 heavy (non-hydrogen) atoms. The van der Waals surface area contributed by atoms with Crippen LogP contribution < -0.4 is 10.6 Å². The fraction of sp³-hybridized carbons (Fsp3) is 0.227. The molecule has 0 atom stereocenters. The summed E-state index contributed by atoms with van der Waals surface area (Å²) in [7, 11) is 0. The highest BCUT2D eigenvalue weighted by molar-refractivity contribution is 7.17. The number of hydrogen-bond acceptors (Lipinski definition) is 6. The SMILES string of the molecule is c1ccc(-c2csc3nc(-c4ccccn4)nc(NCCNC4CC4)c23)cc1. The van der Waals surface area contributed by atoms with Gasteiger partial charge in [0.15, 0.2) is 5.82 Å². The number of pyridine rings is 1. The Labute approximate surface area is 167 Å². The molecule has 0 saturated heterocycles. The third-order valence-corrected chi connectivity index (χ3v) is 5.71. The number of benzene rings is 1. The van der Waals surface area contributed by atoms with Crippen molar-refractivity contribution < 1.29 is 0 Å². The van der Waals surface area contributed by atoms with E-state index in [0.29, 0.717) is 11.9 Å². The molecule has 3 heterocycles. The number of anilines is 1. The molecule has 0 unspecified atom stereocenters. The molecule has 2 N–H and O–H groups in total. The zero-order chi connectivity index (χ0) is 18.8. The molecule has 1 saturated carbocycles. The van der Waals surface area contributed by atoms with Gasteiger partial charge < -0.3 is 10.6 Å². The van der Waals surface area contributed by atoms with Crippen molar-refractivity contribution in [2.75, 3.05) is 18.4 Å². The Kier molecular flexibility index (Phi) is 4.72. The van der Waals surface area contributed by atoms with E-state index in [1.165, 1.54) is 24.0 Å². The van der Waals surface area contributed by atoms with Crippen LogP contribution in [0, 0.1) is 0 Å². The van der Waals surface area contributed by atoms with Crippen LogP contribution in [0.1, 0.15) is 12.8 Å². The molecular weight excluding hydrogens is 366 g/mol. The van der Waals surface area contributed by atoms with Crippen LogP contribution in [-0.2, 0) is 0 Å². The smallest absolute Gasteiger partial charge is 0.181 e. The normalized spacial score (nSPS) is 13.7. The van der Waals surface area contributed by atoms with Crippen LogP contribution in [0.5, 0.6) is 0 Å². The first-order valence-corrected chi connectivity index (χ1v) is 10.5. The monoisotopic (exact) mass is 387 g/mol. The standard InChI is InChI=1S/C22H21N5S/c1-2-6-15(7-3-1)17-14-28-22-19(17)21(25-13-12-23-16-9-10-16)26-20(27-22)18-8-4-5-11-24-18/h1-8,11,14,16,23H,9-10,12-13H2,(H,25,26,27). The molecule has 1 aliphatic carbocycles. The highest BCUT2D eigenvalue weighted by atomic mass is 32.1. The Morgan fingerprint density at radius 1 is 0.964 bits per heavy atom. The molecule has 1 aromatic carbocycles. The molecule has 0 bridgehead atoms. The summed E-state index contributed by atoms with van der Waals surface area (Å²) in [4.78, 5) is 15.1. The lowest BCUT2D eigenvalue weighted by Gasteiger charge is -2.11. The first kappa shape index (κ1) is 17.3. The number of aromatic nitrogens is 3. The van der Waals surface area contributed by atoms with Crippen molar-refractivity contribution in [3.8, 4) is 22.6 Å². The molecule has 5 rings (SSSR count). The van der Waals surface area contributed by atoms with Gasteiger partial charge in [0, 0.05) is 36.3 Å². The summed E-state index contributed by atoms with van der Waals surface area (Å²) in [6.07, 6.45) is 4.37. The van der Waals surface area contributed by atoms with Crippen LogP contribution in [0.15, 0.2) is 60.1 Å². The first-order valence-electron chi connectivity index (χ1n) is 9.62. The van der Waals surface area contributed by atoms with Gasteiger partial charge in [-0.1, -0.05) is 36.4 Å². The molecule has 3 aromatic heterocycles. The molecule has 0 spiro atoms. The second-order valence-corrected chi connectivity index (χ2v) is 7.82. The van der Waals surface area contributed by atoms with Crippen LogP contribution in [0.3, 0.4) is 0 Å². The lowest BCUT2D eigenvalue weighted by Crippen LogP contribution is -2.24. The maximum absolute atomic E-state index is 4.86. The Morgan fingerprint density at radius 2 is 1.82 bits per heavy atom. The van der Waals surface area contributed by atoms with E-state index in [2.05, 4.69) is 45.3 Å². The highest BCUT2D eigenvalue weighted by Crippen LogP contribution is 2.37. The summed E-state index contributed by atoms with van der Waals surface area (Å²) in [5, 5.41) is 10.3.